The predicted octanol–water partition coefficient (Wildman–Crippen LogP) is 1.20. The van der Waals surface area contributed by atoms with Crippen LogP contribution in [0.1, 0.15) is 20.8 Å². The van der Waals surface area contributed by atoms with Gasteiger partial charge in [-0.1, -0.05) is 6.92 Å². The van der Waals surface area contributed by atoms with E-state index in [2.05, 4.69) is 31.0 Å². The smallest absolute Gasteiger partial charge is 0.0500 e. The lowest BCUT2D eigenvalue weighted by atomic mass is 9.84. The fourth-order valence-corrected chi connectivity index (χ4v) is 3.53. The molecule has 0 aromatic rings. The molecule has 0 aromatic heterocycles. The molecule has 2 aliphatic heterocycles. The van der Waals surface area contributed by atoms with Crippen molar-refractivity contribution in [3.8, 4) is 0 Å². The lowest BCUT2D eigenvalue weighted by Gasteiger charge is -2.37. The molecule has 16 heavy (non-hydrogen) atoms. The Morgan fingerprint density at radius 1 is 1.44 bits per heavy atom. The van der Waals surface area contributed by atoms with Gasteiger partial charge in [0.2, 0.25) is 0 Å². The van der Waals surface area contributed by atoms with E-state index in [1.165, 1.54) is 26.2 Å². The summed E-state index contributed by atoms with van der Waals surface area (Å²) < 4.78 is 5.24. The van der Waals surface area contributed by atoms with Crippen molar-refractivity contribution < 1.29 is 4.74 Å². The van der Waals surface area contributed by atoms with Gasteiger partial charge in [0.1, 0.15) is 0 Å². The number of rotatable bonds is 4. The summed E-state index contributed by atoms with van der Waals surface area (Å²) in [6.07, 6.45) is 0. The summed E-state index contributed by atoms with van der Waals surface area (Å²) in [7, 11) is 1.80. The molecular formula is C13H26N2O. The van der Waals surface area contributed by atoms with E-state index >= 15 is 0 Å². The van der Waals surface area contributed by atoms with Crippen molar-refractivity contribution in [2.45, 2.75) is 26.3 Å². The molecule has 0 radical (unpaired) electrons. The van der Waals surface area contributed by atoms with Gasteiger partial charge in [0, 0.05) is 38.9 Å². The number of hydrogen-bond donors (Lipinski definition) is 1. The van der Waals surface area contributed by atoms with Crippen LogP contribution in [0.4, 0.5) is 0 Å². The molecule has 3 nitrogen and oxygen atoms in total. The fourth-order valence-electron chi connectivity index (χ4n) is 3.53. The molecule has 0 aromatic carbocycles. The minimum Gasteiger partial charge on any atom is -0.384 e. The van der Waals surface area contributed by atoms with Gasteiger partial charge in [-0.05, 0) is 38.1 Å². The zero-order chi connectivity index (χ0) is 11.8. The van der Waals surface area contributed by atoms with E-state index < -0.39 is 0 Å². The van der Waals surface area contributed by atoms with Crippen LogP contribution in [-0.2, 0) is 4.74 Å². The van der Waals surface area contributed by atoms with Gasteiger partial charge < -0.3 is 10.1 Å². The minimum atomic E-state index is 0.357. The van der Waals surface area contributed by atoms with Crippen molar-refractivity contribution in [2.24, 2.45) is 17.8 Å². The van der Waals surface area contributed by atoms with Gasteiger partial charge in [-0.2, -0.15) is 0 Å². The molecule has 0 saturated carbocycles. The average molecular weight is 226 g/mol. The van der Waals surface area contributed by atoms with Crippen molar-refractivity contribution in [3.63, 3.8) is 0 Å². The molecule has 2 aliphatic rings. The Labute approximate surface area is 99.5 Å². The number of fused-ring (bicyclic) bond motifs is 1. The van der Waals surface area contributed by atoms with Gasteiger partial charge in [0.15, 0.2) is 0 Å². The Kier molecular flexibility index (Phi) is 3.57. The number of methoxy groups -OCH3 is 1. The molecule has 2 heterocycles. The van der Waals surface area contributed by atoms with E-state index in [-0.39, 0.29) is 0 Å². The number of hydrogen-bond acceptors (Lipinski definition) is 3. The molecule has 94 valence electrons. The monoisotopic (exact) mass is 226 g/mol. The van der Waals surface area contributed by atoms with Crippen LogP contribution in [0, 0.1) is 17.8 Å². The van der Waals surface area contributed by atoms with Crippen molar-refractivity contribution >= 4 is 0 Å². The predicted molar refractivity (Wildman–Crippen MR) is 66.5 cm³/mol. The highest BCUT2D eigenvalue weighted by Gasteiger charge is 2.49. The van der Waals surface area contributed by atoms with Crippen LogP contribution in [0.25, 0.3) is 0 Å². The van der Waals surface area contributed by atoms with Gasteiger partial charge in [-0.25, -0.2) is 0 Å². The standard InChI is InChI=1S/C13H26N2O/c1-10(9-16-4)7-15-8-11-5-14-6-12(11)13(15,2)3/h10-12,14H,5-9H2,1-4H3. The average Bonchev–Trinajstić information content (AvgIpc) is 2.72. The largest absolute Gasteiger partial charge is 0.384 e. The molecule has 3 heteroatoms. The lowest BCUT2D eigenvalue weighted by molar-refractivity contribution is 0.0862. The molecule has 0 bridgehead atoms. The molecule has 3 atom stereocenters. The van der Waals surface area contributed by atoms with E-state index in [0.29, 0.717) is 11.5 Å². The van der Waals surface area contributed by atoms with Crippen molar-refractivity contribution in [1.82, 2.24) is 10.2 Å². The van der Waals surface area contributed by atoms with E-state index in [9.17, 15) is 0 Å². The zero-order valence-electron chi connectivity index (χ0n) is 11.1. The first-order valence-corrected chi connectivity index (χ1v) is 6.50. The van der Waals surface area contributed by atoms with Crippen LogP contribution in [0.15, 0.2) is 0 Å². The maximum absolute atomic E-state index is 5.24. The lowest BCUT2D eigenvalue weighted by Crippen LogP contribution is -2.46. The minimum absolute atomic E-state index is 0.357. The quantitative estimate of drug-likeness (QED) is 0.779. The van der Waals surface area contributed by atoms with Crippen LogP contribution < -0.4 is 5.32 Å². The number of nitrogens with zero attached hydrogens (tertiary/aromatic N) is 1. The van der Waals surface area contributed by atoms with Crippen molar-refractivity contribution in [2.75, 3.05) is 39.9 Å². The first kappa shape index (κ1) is 12.3. The summed E-state index contributed by atoms with van der Waals surface area (Å²) in [5.74, 6) is 2.34. The first-order chi connectivity index (χ1) is 7.55. The molecular weight excluding hydrogens is 200 g/mol. The number of nitrogens with one attached hydrogen (secondary N) is 1. The van der Waals surface area contributed by atoms with Gasteiger partial charge >= 0.3 is 0 Å². The van der Waals surface area contributed by atoms with Gasteiger partial charge in [0.25, 0.3) is 0 Å². The van der Waals surface area contributed by atoms with Crippen LogP contribution in [-0.4, -0.2) is 50.3 Å². The topological polar surface area (TPSA) is 24.5 Å². The summed E-state index contributed by atoms with van der Waals surface area (Å²) in [6.45, 7) is 12.8. The summed E-state index contributed by atoms with van der Waals surface area (Å²) in [4.78, 5) is 2.67. The molecule has 3 unspecified atom stereocenters. The third-order valence-electron chi connectivity index (χ3n) is 4.50. The maximum Gasteiger partial charge on any atom is 0.0500 e. The maximum atomic E-state index is 5.24. The van der Waals surface area contributed by atoms with E-state index in [1.54, 1.807) is 7.11 Å². The highest BCUT2D eigenvalue weighted by molar-refractivity contribution is 5.04. The van der Waals surface area contributed by atoms with Crippen LogP contribution in [0.2, 0.25) is 0 Å². The first-order valence-electron chi connectivity index (χ1n) is 6.50. The second-order valence-electron chi connectivity index (χ2n) is 6.14. The Morgan fingerprint density at radius 3 is 2.81 bits per heavy atom. The summed E-state index contributed by atoms with van der Waals surface area (Å²) in [5, 5.41) is 3.53. The van der Waals surface area contributed by atoms with Gasteiger partial charge in [-0.15, -0.1) is 0 Å². The van der Waals surface area contributed by atoms with Gasteiger partial charge in [0.05, 0.1) is 0 Å². The highest BCUT2D eigenvalue weighted by Crippen LogP contribution is 2.40. The van der Waals surface area contributed by atoms with E-state index in [0.717, 1.165) is 18.4 Å². The summed E-state index contributed by atoms with van der Waals surface area (Å²) in [5.41, 5.74) is 0.357. The van der Waals surface area contributed by atoms with Crippen LogP contribution in [0.5, 0.6) is 0 Å². The second-order valence-corrected chi connectivity index (χ2v) is 6.14. The van der Waals surface area contributed by atoms with Crippen molar-refractivity contribution in [3.05, 3.63) is 0 Å². The SMILES string of the molecule is COCC(C)CN1CC2CNCC2C1(C)C. The van der Waals surface area contributed by atoms with Crippen LogP contribution in [0.3, 0.4) is 0 Å². The number of likely N-dealkylation sites (tertiary alicyclic amines) is 1. The Balaban J connectivity index is 1.96. The molecule has 2 rings (SSSR count). The van der Waals surface area contributed by atoms with Gasteiger partial charge in [-0.3, -0.25) is 4.90 Å². The normalized spacial score (nSPS) is 35.2. The molecule has 1 N–H and O–H groups in total. The molecule has 2 saturated heterocycles. The zero-order valence-corrected chi connectivity index (χ0v) is 11.1. The number of ether oxygens (including phenoxy) is 1. The summed E-state index contributed by atoms with van der Waals surface area (Å²) >= 11 is 0. The highest BCUT2D eigenvalue weighted by atomic mass is 16.5. The third-order valence-corrected chi connectivity index (χ3v) is 4.50. The Morgan fingerprint density at radius 2 is 2.19 bits per heavy atom. The Hall–Kier alpha value is -0.120. The molecule has 0 aliphatic carbocycles. The molecule has 2 fully saturated rings. The second kappa shape index (κ2) is 4.63. The van der Waals surface area contributed by atoms with Crippen LogP contribution >= 0.6 is 0 Å². The summed E-state index contributed by atoms with van der Waals surface area (Å²) in [6, 6.07) is 0. The third kappa shape index (κ3) is 2.13. The fraction of sp³-hybridized carbons (Fsp3) is 1.00. The Bertz CT molecular complexity index is 242. The van der Waals surface area contributed by atoms with Crippen molar-refractivity contribution in [1.29, 1.82) is 0 Å². The van der Waals surface area contributed by atoms with E-state index in [4.69, 9.17) is 4.74 Å². The van der Waals surface area contributed by atoms with E-state index in [1.807, 2.05) is 0 Å². The molecule has 0 spiro atoms. The molecule has 0 amide bonds.